The van der Waals surface area contributed by atoms with Gasteiger partial charge in [0.25, 0.3) is 5.91 Å². The molecule has 1 atom stereocenters. The van der Waals surface area contributed by atoms with Crippen LogP contribution in [0.25, 0.3) is 0 Å². The van der Waals surface area contributed by atoms with Crippen LogP contribution >= 0.6 is 23.1 Å². The Labute approximate surface area is 242 Å². The monoisotopic (exact) mass is 584 g/mol. The number of carbonyl (C=O) groups excluding carboxylic acids is 3. The third-order valence-electron chi connectivity index (χ3n) is 6.62. The maximum atomic E-state index is 13.2. The van der Waals surface area contributed by atoms with Gasteiger partial charge in [-0.15, -0.1) is 5.10 Å². The van der Waals surface area contributed by atoms with Crippen molar-refractivity contribution in [3.8, 4) is 5.75 Å². The number of nitrogens with one attached hydrogen (secondary N) is 2. The maximum absolute atomic E-state index is 13.2. The Morgan fingerprint density at radius 2 is 2.10 bits per heavy atom. The number of fused-ring (bicyclic) bond motifs is 4. The Balaban J connectivity index is 1.51. The maximum Gasteiger partial charge on any atom is 0.252 e. The van der Waals surface area contributed by atoms with E-state index >= 15 is 0 Å². The zero-order valence-electron chi connectivity index (χ0n) is 22.9. The number of hydrogen-bond donors (Lipinski definition) is 2. The Morgan fingerprint density at radius 3 is 2.90 bits per heavy atom. The fourth-order valence-electron chi connectivity index (χ4n) is 4.38. The van der Waals surface area contributed by atoms with Crippen LogP contribution in [0.5, 0.6) is 5.75 Å². The standard InChI is InChI=1S/C28H36N6O4S2/c1-20-5-6-23-16-24(20)27(36)30-25(8-13-39-2)28(37)29-9-3-10-33(26(35)15-21-7-14-40-19-21)17-22-18-34(32-31-22)11-4-12-38-23/h5-7,14,16,18-19,25H,3-4,8-13,15,17H2,1-2H3,(H,29,37)(H,30,36)/t25-/m0/s1. The summed E-state index contributed by atoms with van der Waals surface area (Å²) < 4.78 is 7.67. The number of ether oxygens (including phenoxy) is 1. The lowest BCUT2D eigenvalue weighted by Crippen LogP contribution is -2.47. The van der Waals surface area contributed by atoms with E-state index in [-0.39, 0.29) is 17.7 Å². The van der Waals surface area contributed by atoms with Crippen molar-refractivity contribution in [2.45, 2.75) is 51.7 Å². The Morgan fingerprint density at radius 1 is 1.23 bits per heavy atom. The first-order valence-corrected chi connectivity index (χ1v) is 15.8. The molecule has 4 bridgehead atoms. The highest BCUT2D eigenvalue weighted by atomic mass is 32.2. The zero-order chi connectivity index (χ0) is 28.3. The fraction of sp³-hybridized carbons (Fsp3) is 0.464. The molecule has 10 nitrogen and oxygen atoms in total. The Bertz CT molecular complexity index is 1280. The summed E-state index contributed by atoms with van der Waals surface area (Å²) in [6, 6.07) is 6.70. The molecule has 0 saturated carbocycles. The number of hydrogen-bond acceptors (Lipinski definition) is 8. The number of aromatic nitrogens is 3. The van der Waals surface area contributed by atoms with Crippen molar-refractivity contribution in [3.05, 3.63) is 63.6 Å². The van der Waals surface area contributed by atoms with Crippen LogP contribution in [0.3, 0.4) is 0 Å². The molecule has 0 aliphatic carbocycles. The van der Waals surface area contributed by atoms with Gasteiger partial charge in [-0.05, 0) is 71.9 Å². The highest BCUT2D eigenvalue weighted by Gasteiger charge is 2.23. The van der Waals surface area contributed by atoms with Crippen molar-refractivity contribution in [1.82, 2.24) is 30.5 Å². The molecule has 12 heteroatoms. The lowest BCUT2D eigenvalue weighted by Gasteiger charge is -2.23. The minimum atomic E-state index is -0.666. The van der Waals surface area contributed by atoms with Crippen LogP contribution in [0.15, 0.2) is 41.2 Å². The largest absolute Gasteiger partial charge is 0.494 e. The lowest BCUT2D eigenvalue weighted by atomic mass is 10.1. The molecule has 0 unspecified atom stereocenters. The number of thioether (sulfide) groups is 1. The molecule has 1 aliphatic rings. The van der Waals surface area contributed by atoms with E-state index in [4.69, 9.17) is 4.74 Å². The van der Waals surface area contributed by atoms with Crippen LogP contribution in [0.2, 0.25) is 0 Å². The van der Waals surface area contributed by atoms with E-state index in [2.05, 4.69) is 20.9 Å². The summed E-state index contributed by atoms with van der Waals surface area (Å²) in [7, 11) is 0. The lowest BCUT2D eigenvalue weighted by molar-refractivity contribution is -0.131. The Kier molecular flexibility index (Phi) is 11.0. The summed E-state index contributed by atoms with van der Waals surface area (Å²) in [6.07, 6.45) is 5.90. The number of aryl methyl sites for hydroxylation is 2. The number of amides is 3. The van der Waals surface area contributed by atoms with Gasteiger partial charge in [-0.25, -0.2) is 0 Å². The van der Waals surface area contributed by atoms with Gasteiger partial charge in [0.1, 0.15) is 17.5 Å². The summed E-state index contributed by atoms with van der Waals surface area (Å²) in [6.45, 7) is 4.08. The van der Waals surface area contributed by atoms with Gasteiger partial charge in [0.2, 0.25) is 11.8 Å². The van der Waals surface area contributed by atoms with Crippen LogP contribution in [0, 0.1) is 6.92 Å². The van der Waals surface area contributed by atoms with Crippen molar-refractivity contribution < 1.29 is 19.1 Å². The smallest absolute Gasteiger partial charge is 0.252 e. The van der Waals surface area contributed by atoms with E-state index in [1.807, 2.05) is 48.3 Å². The number of carbonyl (C=O) groups is 3. The van der Waals surface area contributed by atoms with Crippen LogP contribution < -0.4 is 15.4 Å². The second-order valence-electron chi connectivity index (χ2n) is 9.73. The summed E-state index contributed by atoms with van der Waals surface area (Å²) in [5, 5.41) is 18.3. The normalized spacial score (nSPS) is 17.4. The summed E-state index contributed by atoms with van der Waals surface area (Å²) >= 11 is 3.18. The molecule has 0 radical (unpaired) electrons. The van der Waals surface area contributed by atoms with Gasteiger partial charge in [-0.2, -0.15) is 23.1 Å². The number of benzene rings is 1. The van der Waals surface area contributed by atoms with Gasteiger partial charge in [-0.1, -0.05) is 11.3 Å². The minimum absolute atomic E-state index is 0.00329. The molecule has 3 heterocycles. The topological polar surface area (TPSA) is 118 Å². The van der Waals surface area contributed by atoms with Gasteiger partial charge in [0, 0.05) is 31.6 Å². The third kappa shape index (κ3) is 8.56. The van der Waals surface area contributed by atoms with Crippen molar-refractivity contribution in [2.75, 3.05) is 31.7 Å². The molecule has 0 spiro atoms. The third-order valence-corrected chi connectivity index (χ3v) is 7.99. The van der Waals surface area contributed by atoms with Crippen LogP contribution in [-0.2, 0) is 29.1 Å². The van der Waals surface area contributed by atoms with Gasteiger partial charge >= 0.3 is 0 Å². The van der Waals surface area contributed by atoms with E-state index < -0.39 is 6.04 Å². The van der Waals surface area contributed by atoms with Crippen molar-refractivity contribution in [1.29, 1.82) is 0 Å². The molecule has 0 fully saturated rings. The molecule has 2 N–H and O–H groups in total. The molecular weight excluding hydrogens is 548 g/mol. The van der Waals surface area contributed by atoms with Crippen molar-refractivity contribution in [3.63, 3.8) is 0 Å². The predicted octanol–water partition coefficient (Wildman–Crippen LogP) is 3.06. The second kappa shape index (κ2) is 14.8. The summed E-state index contributed by atoms with van der Waals surface area (Å²) in [5.41, 5.74) is 2.97. The number of nitrogens with zero attached hydrogens (tertiary/aromatic N) is 4. The Hall–Kier alpha value is -3.38. The molecule has 1 aromatic carbocycles. The zero-order valence-corrected chi connectivity index (χ0v) is 24.6. The van der Waals surface area contributed by atoms with E-state index in [9.17, 15) is 14.4 Å². The quantitative estimate of drug-likeness (QED) is 0.473. The molecule has 40 heavy (non-hydrogen) atoms. The molecule has 2 aromatic heterocycles. The van der Waals surface area contributed by atoms with Crippen molar-refractivity contribution >= 4 is 40.8 Å². The first kappa shape index (κ1) is 29.6. The molecular formula is C28H36N6O4S2. The highest BCUT2D eigenvalue weighted by molar-refractivity contribution is 7.98. The fourth-order valence-corrected chi connectivity index (χ4v) is 5.52. The average Bonchev–Trinajstić information content (AvgIpc) is 3.62. The molecule has 0 saturated heterocycles. The van der Waals surface area contributed by atoms with Crippen molar-refractivity contribution in [2.24, 2.45) is 0 Å². The molecule has 1 aliphatic heterocycles. The van der Waals surface area contributed by atoms with E-state index in [1.165, 1.54) is 0 Å². The van der Waals surface area contributed by atoms with Gasteiger partial charge in [0.15, 0.2) is 0 Å². The van der Waals surface area contributed by atoms with Gasteiger partial charge in [0.05, 0.1) is 25.8 Å². The van der Waals surface area contributed by atoms with E-state index in [1.54, 1.807) is 38.7 Å². The predicted molar refractivity (Wildman–Crippen MR) is 157 cm³/mol. The summed E-state index contributed by atoms with van der Waals surface area (Å²) in [4.78, 5) is 41.2. The van der Waals surface area contributed by atoms with Gasteiger partial charge in [-0.3, -0.25) is 19.1 Å². The van der Waals surface area contributed by atoms with Crippen LogP contribution in [-0.4, -0.2) is 75.4 Å². The van der Waals surface area contributed by atoms with Gasteiger partial charge < -0.3 is 20.3 Å². The molecule has 214 valence electrons. The van der Waals surface area contributed by atoms with Crippen LogP contribution in [0.1, 0.15) is 46.4 Å². The average molecular weight is 585 g/mol. The summed E-state index contributed by atoms with van der Waals surface area (Å²) in [5.74, 6) is 0.775. The SMILES string of the molecule is CSCC[C@@H]1NC(=O)c2cc(ccc2C)OCCCn2cc(nn2)CN(C(=O)Cc2ccsc2)CCCNC1=O. The second-order valence-corrected chi connectivity index (χ2v) is 11.5. The van der Waals surface area contributed by atoms with E-state index in [0.29, 0.717) is 75.5 Å². The minimum Gasteiger partial charge on any atom is -0.494 e. The number of thiophene rings is 1. The molecule has 4 rings (SSSR count). The molecule has 3 aromatic rings. The van der Waals surface area contributed by atoms with Crippen LogP contribution in [0.4, 0.5) is 0 Å². The van der Waals surface area contributed by atoms with E-state index in [0.717, 1.165) is 16.9 Å². The molecule has 3 amide bonds. The highest BCUT2D eigenvalue weighted by Crippen LogP contribution is 2.19. The first-order chi connectivity index (χ1) is 19.4. The first-order valence-electron chi connectivity index (χ1n) is 13.4. The number of rotatable bonds is 5.